The van der Waals surface area contributed by atoms with Crippen LogP contribution in [0.5, 0.6) is 0 Å². The predicted molar refractivity (Wildman–Crippen MR) is 115 cm³/mol. The summed E-state index contributed by atoms with van der Waals surface area (Å²) in [5.41, 5.74) is 8.76. The van der Waals surface area contributed by atoms with E-state index in [9.17, 15) is 4.79 Å². The van der Waals surface area contributed by atoms with E-state index in [1.165, 1.54) is 29.4 Å². The van der Waals surface area contributed by atoms with Gasteiger partial charge >= 0.3 is 5.97 Å². The Morgan fingerprint density at radius 3 is 2.34 bits per heavy atom. The number of benzene rings is 3. The second-order valence-electron chi connectivity index (χ2n) is 7.40. The number of ether oxygens (including phenoxy) is 1. The molecule has 146 valence electrons. The lowest BCUT2D eigenvalue weighted by molar-refractivity contribution is 0.0600. The molecule has 4 rings (SSSR count). The van der Waals surface area contributed by atoms with Crippen LogP contribution in [0, 0.1) is 13.8 Å². The molecular weight excluding hydrogens is 360 g/mol. The molecule has 1 aromatic heterocycles. The SMILES string of the molecule is COC(=O)c1ccc(Cc2c(C)c(C)cc3[nH]c(Cc4ccccc4)nc23)cc1. The third kappa shape index (κ3) is 3.92. The van der Waals surface area contributed by atoms with E-state index < -0.39 is 0 Å². The number of carbonyl (C=O) groups is 1. The smallest absolute Gasteiger partial charge is 0.337 e. The summed E-state index contributed by atoms with van der Waals surface area (Å²) in [6, 6.07) is 20.1. The Morgan fingerprint density at radius 2 is 1.66 bits per heavy atom. The van der Waals surface area contributed by atoms with Crippen LogP contribution in [0.1, 0.15) is 44.0 Å². The molecule has 4 nitrogen and oxygen atoms in total. The first-order valence-electron chi connectivity index (χ1n) is 9.74. The number of carbonyl (C=O) groups excluding carboxylic acids is 1. The largest absolute Gasteiger partial charge is 0.465 e. The second-order valence-corrected chi connectivity index (χ2v) is 7.40. The molecule has 0 aliphatic heterocycles. The van der Waals surface area contributed by atoms with Crippen LogP contribution < -0.4 is 0 Å². The monoisotopic (exact) mass is 384 g/mol. The molecule has 0 radical (unpaired) electrons. The molecule has 0 bridgehead atoms. The van der Waals surface area contributed by atoms with Crippen LogP contribution in [0.15, 0.2) is 60.7 Å². The van der Waals surface area contributed by atoms with Gasteiger partial charge < -0.3 is 9.72 Å². The minimum atomic E-state index is -0.316. The summed E-state index contributed by atoms with van der Waals surface area (Å²) in [4.78, 5) is 20.1. The number of methoxy groups -OCH3 is 1. The van der Waals surface area contributed by atoms with Crippen LogP contribution in [0.3, 0.4) is 0 Å². The van der Waals surface area contributed by atoms with E-state index in [1.54, 1.807) is 0 Å². The van der Waals surface area contributed by atoms with Gasteiger partial charge in [0.05, 0.1) is 23.7 Å². The molecule has 0 saturated carbocycles. The number of rotatable bonds is 5. The average Bonchev–Trinajstić information content (AvgIpc) is 3.13. The molecule has 4 heteroatoms. The van der Waals surface area contributed by atoms with Gasteiger partial charge in [0.25, 0.3) is 0 Å². The molecule has 0 fully saturated rings. The fraction of sp³-hybridized carbons (Fsp3) is 0.200. The molecule has 29 heavy (non-hydrogen) atoms. The number of nitrogens with zero attached hydrogens (tertiary/aromatic N) is 1. The van der Waals surface area contributed by atoms with Gasteiger partial charge in [-0.2, -0.15) is 0 Å². The summed E-state index contributed by atoms with van der Waals surface area (Å²) in [5, 5.41) is 0. The van der Waals surface area contributed by atoms with E-state index in [0.29, 0.717) is 5.56 Å². The van der Waals surface area contributed by atoms with Crippen LogP contribution in [0.25, 0.3) is 11.0 Å². The van der Waals surface area contributed by atoms with E-state index in [-0.39, 0.29) is 5.97 Å². The van der Waals surface area contributed by atoms with E-state index in [4.69, 9.17) is 9.72 Å². The summed E-state index contributed by atoms with van der Waals surface area (Å²) < 4.78 is 4.79. The number of imidazole rings is 1. The Morgan fingerprint density at radius 1 is 0.966 bits per heavy atom. The maximum Gasteiger partial charge on any atom is 0.337 e. The van der Waals surface area contributed by atoms with Gasteiger partial charge in [0, 0.05) is 6.42 Å². The molecule has 0 amide bonds. The zero-order chi connectivity index (χ0) is 20.4. The number of aromatic amines is 1. The van der Waals surface area contributed by atoms with Gasteiger partial charge in [0.2, 0.25) is 0 Å². The van der Waals surface area contributed by atoms with Crippen molar-refractivity contribution in [1.82, 2.24) is 9.97 Å². The van der Waals surface area contributed by atoms with Crippen molar-refractivity contribution in [3.8, 4) is 0 Å². The van der Waals surface area contributed by atoms with Crippen LogP contribution in [-0.4, -0.2) is 23.0 Å². The topological polar surface area (TPSA) is 55.0 Å². The lowest BCUT2D eigenvalue weighted by Crippen LogP contribution is -2.01. The second kappa shape index (κ2) is 7.92. The van der Waals surface area contributed by atoms with Crippen molar-refractivity contribution in [3.63, 3.8) is 0 Å². The van der Waals surface area contributed by atoms with Crippen LogP contribution in [0.2, 0.25) is 0 Å². The third-order valence-corrected chi connectivity index (χ3v) is 5.44. The number of hydrogen-bond donors (Lipinski definition) is 1. The molecule has 1 N–H and O–H groups in total. The Hall–Kier alpha value is -3.40. The van der Waals surface area contributed by atoms with Crippen LogP contribution in [-0.2, 0) is 17.6 Å². The number of hydrogen-bond acceptors (Lipinski definition) is 3. The highest BCUT2D eigenvalue weighted by atomic mass is 16.5. The normalized spacial score (nSPS) is 11.0. The van der Waals surface area contributed by atoms with Gasteiger partial charge in [-0.3, -0.25) is 0 Å². The average molecular weight is 384 g/mol. The van der Waals surface area contributed by atoms with Gasteiger partial charge in [-0.1, -0.05) is 42.5 Å². The van der Waals surface area contributed by atoms with Crippen molar-refractivity contribution in [3.05, 3.63) is 99.9 Å². The van der Waals surface area contributed by atoms with E-state index >= 15 is 0 Å². The standard InChI is InChI=1S/C25H24N2O2/c1-16-13-22-24(27-23(26-22)15-18-7-5-4-6-8-18)21(17(16)2)14-19-9-11-20(12-10-19)25(28)29-3/h4-13H,14-15H2,1-3H3,(H,26,27). The van der Waals surface area contributed by atoms with Gasteiger partial charge in [-0.05, 0) is 66.3 Å². The summed E-state index contributed by atoms with van der Waals surface area (Å²) >= 11 is 0. The predicted octanol–water partition coefficient (Wildman–Crippen LogP) is 5.15. The van der Waals surface area contributed by atoms with Crippen LogP contribution in [0.4, 0.5) is 0 Å². The van der Waals surface area contributed by atoms with Gasteiger partial charge in [-0.15, -0.1) is 0 Å². The van der Waals surface area contributed by atoms with E-state index in [2.05, 4.69) is 49.2 Å². The maximum absolute atomic E-state index is 11.7. The van der Waals surface area contributed by atoms with Gasteiger partial charge in [0.15, 0.2) is 0 Å². The first kappa shape index (κ1) is 18.9. The molecule has 0 aliphatic rings. The molecule has 0 unspecified atom stereocenters. The Kier molecular flexibility index (Phi) is 5.17. The minimum Gasteiger partial charge on any atom is -0.465 e. The highest BCUT2D eigenvalue weighted by molar-refractivity contribution is 5.89. The van der Waals surface area contributed by atoms with E-state index in [1.807, 2.05) is 30.3 Å². The number of aryl methyl sites for hydroxylation is 1. The molecular formula is C25H24N2O2. The quantitative estimate of drug-likeness (QED) is 0.484. The maximum atomic E-state index is 11.7. The lowest BCUT2D eigenvalue weighted by atomic mass is 9.95. The number of aromatic nitrogens is 2. The van der Waals surface area contributed by atoms with Gasteiger partial charge in [-0.25, -0.2) is 9.78 Å². The number of H-pyrrole nitrogens is 1. The highest BCUT2D eigenvalue weighted by Gasteiger charge is 2.14. The summed E-state index contributed by atoms with van der Waals surface area (Å²) in [6.45, 7) is 4.29. The number of fused-ring (bicyclic) bond motifs is 1. The zero-order valence-corrected chi connectivity index (χ0v) is 17.0. The van der Waals surface area contributed by atoms with Crippen molar-refractivity contribution >= 4 is 17.0 Å². The van der Waals surface area contributed by atoms with Crippen molar-refractivity contribution in [2.24, 2.45) is 0 Å². The molecule has 0 saturated heterocycles. The van der Waals surface area contributed by atoms with Crippen molar-refractivity contribution in [1.29, 1.82) is 0 Å². The summed E-state index contributed by atoms with van der Waals surface area (Å²) in [5.74, 6) is 0.655. The minimum absolute atomic E-state index is 0.316. The highest BCUT2D eigenvalue weighted by Crippen LogP contribution is 2.27. The van der Waals surface area contributed by atoms with E-state index in [0.717, 1.165) is 35.3 Å². The molecule has 0 spiro atoms. The van der Waals surface area contributed by atoms with Crippen LogP contribution >= 0.6 is 0 Å². The molecule has 0 atom stereocenters. The zero-order valence-electron chi connectivity index (χ0n) is 17.0. The molecule has 3 aromatic carbocycles. The Labute approximate surface area is 170 Å². The van der Waals surface area contributed by atoms with Crippen molar-refractivity contribution in [2.45, 2.75) is 26.7 Å². The molecule has 0 aliphatic carbocycles. The first-order valence-corrected chi connectivity index (χ1v) is 9.74. The third-order valence-electron chi connectivity index (χ3n) is 5.44. The molecule has 4 aromatic rings. The fourth-order valence-corrected chi connectivity index (χ4v) is 3.68. The number of esters is 1. The summed E-state index contributed by atoms with van der Waals surface area (Å²) in [6.07, 6.45) is 1.54. The Bertz CT molecular complexity index is 1160. The first-order chi connectivity index (χ1) is 14.0. The lowest BCUT2D eigenvalue weighted by Gasteiger charge is -2.10. The number of nitrogens with one attached hydrogen (secondary N) is 1. The Balaban J connectivity index is 1.69. The van der Waals surface area contributed by atoms with Gasteiger partial charge in [0.1, 0.15) is 5.82 Å². The molecule has 1 heterocycles. The summed E-state index contributed by atoms with van der Waals surface area (Å²) in [7, 11) is 1.40. The van der Waals surface area contributed by atoms with Crippen molar-refractivity contribution in [2.75, 3.05) is 7.11 Å². The fourth-order valence-electron chi connectivity index (χ4n) is 3.68. The van der Waals surface area contributed by atoms with Crippen molar-refractivity contribution < 1.29 is 9.53 Å².